The third-order valence-corrected chi connectivity index (χ3v) is 7.59. The standard InChI is InChI=1S/C25H25ClFN3O4S/c1-18(25(32)28-2)29(16-19-8-6-7-11-23(19)26)24(31)17-30(21-9-4-3-5-10-21)35(33,34)22-14-12-20(27)13-15-22/h3-15,18H,16-17H2,1-2H3,(H,28,32)/t18-/m1/s1. The van der Waals surface area contributed by atoms with Crippen LogP contribution >= 0.6 is 11.6 Å². The number of para-hydroxylation sites is 1. The first-order valence-corrected chi connectivity index (χ1v) is 12.5. The Kier molecular flexibility index (Phi) is 8.48. The Bertz CT molecular complexity index is 1290. The Morgan fingerprint density at radius 2 is 1.57 bits per heavy atom. The van der Waals surface area contributed by atoms with Gasteiger partial charge in [0.15, 0.2) is 0 Å². The number of hydrogen-bond acceptors (Lipinski definition) is 4. The van der Waals surface area contributed by atoms with Gasteiger partial charge < -0.3 is 10.2 Å². The van der Waals surface area contributed by atoms with Crippen LogP contribution in [0, 0.1) is 5.82 Å². The van der Waals surface area contributed by atoms with E-state index < -0.39 is 40.2 Å². The topological polar surface area (TPSA) is 86.8 Å². The zero-order valence-corrected chi connectivity index (χ0v) is 20.8. The van der Waals surface area contributed by atoms with Crippen molar-refractivity contribution in [2.45, 2.75) is 24.4 Å². The molecule has 3 aromatic rings. The minimum Gasteiger partial charge on any atom is -0.357 e. The molecule has 0 aromatic heterocycles. The second kappa shape index (κ2) is 11.3. The molecular weight excluding hydrogens is 493 g/mol. The van der Waals surface area contributed by atoms with E-state index in [9.17, 15) is 22.4 Å². The fourth-order valence-electron chi connectivity index (χ4n) is 3.46. The van der Waals surface area contributed by atoms with Crippen molar-refractivity contribution in [3.8, 4) is 0 Å². The summed E-state index contributed by atoms with van der Waals surface area (Å²) in [6.07, 6.45) is 0. The second-order valence-corrected chi connectivity index (χ2v) is 9.97. The summed E-state index contributed by atoms with van der Waals surface area (Å²) in [6.45, 7) is 0.955. The summed E-state index contributed by atoms with van der Waals surface area (Å²) in [6, 6.07) is 18.4. The molecule has 0 aliphatic heterocycles. The van der Waals surface area contributed by atoms with E-state index in [1.165, 1.54) is 11.9 Å². The van der Waals surface area contributed by atoms with Gasteiger partial charge in [0.25, 0.3) is 10.0 Å². The average Bonchev–Trinajstić information content (AvgIpc) is 2.86. The van der Waals surface area contributed by atoms with E-state index in [1.54, 1.807) is 61.5 Å². The molecule has 3 rings (SSSR count). The van der Waals surface area contributed by atoms with Gasteiger partial charge in [0, 0.05) is 18.6 Å². The van der Waals surface area contributed by atoms with Crippen molar-refractivity contribution in [2.75, 3.05) is 17.9 Å². The van der Waals surface area contributed by atoms with Crippen LogP contribution in [0.4, 0.5) is 10.1 Å². The first kappa shape index (κ1) is 26.2. The van der Waals surface area contributed by atoms with Gasteiger partial charge in [-0.2, -0.15) is 0 Å². The minimum absolute atomic E-state index is 0.00762. The quantitative estimate of drug-likeness (QED) is 0.467. The number of rotatable bonds is 9. The summed E-state index contributed by atoms with van der Waals surface area (Å²) >= 11 is 6.28. The number of sulfonamides is 1. The van der Waals surface area contributed by atoms with Gasteiger partial charge in [0.2, 0.25) is 11.8 Å². The second-order valence-electron chi connectivity index (χ2n) is 7.70. The van der Waals surface area contributed by atoms with E-state index in [0.29, 0.717) is 10.6 Å². The normalized spacial score (nSPS) is 12.0. The molecule has 0 bridgehead atoms. The third-order valence-electron chi connectivity index (χ3n) is 5.44. The van der Waals surface area contributed by atoms with Gasteiger partial charge in [-0.05, 0) is 55.0 Å². The van der Waals surface area contributed by atoms with E-state index in [0.717, 1.165) is 28.6 Å². The average molecular weight is 518 g/mol. The number of benzene rings is 3. The van der Waals surface area contributed by atoms with Crippen LogP contribution in [0.2, 0.25) is 5.02 Å². The van der Waals surface area contributed by atoms with Gasteiger partial charge in [0.05, 0.1) is 10.6 Å². The lowest BCUT2D eigenvalue weighted by atomic mass is 10.1. The largest absolute Gasteiger partial charge is 0.357 e. The number of anilines is 1. The van der Waals surface area contributed by atoms with Crippen molar-refractivity contribution >= 4 is 39.1 Å². The lowest BCUT2D eigenvalue weighted by Crippen LogP contribution is -2.50. The number of hydrogen-bond donors (Lipinski definition) is 1. The van der Waals surface area contributed by atoms with Crippen LogP contribution in [-0.4, -0.2) is 44.8 Å². The van der Waals surface area contributed by atoms with Gasteiger partial charge >= 0.3 is 0 Å². The molecule has 0 fully saturated rings. The van der Waals surface area contributed by atoms with Crippen LogP contribution in [0.1, 0.15) is 12.5 Å². The van der Waals surface area contributed by atoms with Crippen molar-refractivity contribution < 1.29 is 22.4 Å². The number of likely N-dealkylation sites (N-methyl/N-ethyl adjacent to an activating group) is 1. The van der Waals surface area contributed by atoms with E-state index in [2.05, 4.69) is 5.32 Å². The fraction of sp³-hybridized carbons (Fsp3) is 0.200. The molecule has 3 aromatic carbocycles. The van der Waals surface area contributed by atoms with Gasteiger partial charge in [-0.3, -0.25) is 13.9 Å². The van der Waals surface area contributed by atoms with Gasteiger partial charge in [-0.1, -0.05) is 48.0 Å². The zero-order chi connectivity index (χ0) is 25.6. The predicted molar refractivity (Wildman–Crippen MR) is 133 cm³/mol. The summed E-state index contributed by atoms with van der Waals surface area (Å²) in [4.78, 5) is 27.1. The zero-order valence-electron chi connectivity index (χ0n) is 19.2. The highest BCUT2D eigenvalue weighted by Crippen LogP contribution is 2.25. The summed E-state index contributed by atoms with van der Waals surface area (Å²) in [5.41, 5.74) is 0.849. The highest BCUT2D eigenvalue weighted by molar-refractivity contribution is 7.92. The highest BCUT2D eigenvalue weighted by atomic mass is 35.5. The molecule has 0 unspecified atom stereocenters. The minimum atomic E-state index is -4.24. The molecular formula is C25H25ClFN3O4S. The van der Waals surface area contributed by atoms with Crippen LogP contribution in [0.25, 0.3) is 0 Å². The van der Waals surface area contributed by atoms with Crippen molar-refractivity contribution in [3.63, 3.8) is 0 Å². The Morgan fingerprint density at radius 3 is 2.17 bits per heavy atom. The molecule has 0 aliphatic rings. The van der Waals surface area contributed by atoms with Gasteiger partial charge in [0.1, 0.15) is 18.4 Å². The Balaban J connectivity index is 2.01. The lowest BCUT2D eigenvalue weighted by molar-refractivity contribution is -0.139. The molecule has 184 valence electrons. The van der Waals surface area contributed by atoms with E-state index >= 15 is 0 Å². The predicted octanol–water partition coefficient (Wildman–Crippen LogP) is 3.84. The monoisotopic (exact) mass is 517 g/mol. The van der Waals surface area contributed by atoms with Crippen LogP contribution in [-0.2, 0) is 26.2 Å². The molecule has 0 saturated carbocycles. The molecule has 10 heteroatoms. The molecule has 0 heterocycles. The Hall–Kier alpha value is -3.43. The molecule has 0 spiro atoms. The Morgan fingerprint density at radius 1 is 0.971 bits per heavy atom. The highest BCUT2D eigenvalue weighted by Gasteiger charge is 2.32. The number of carbonyl (C=O) groups is 2. The number of halogens is 2. The van der Waals surface area contributed by atoms with Crippen molar-refractivity contribution in [2.24, 2.45) is 0 Å². The first-order chi connectivity index (χ1) is 16.6. The molecule has 0 aliphatic carbocycles. The van der Waals surface area contributed by atoms with E-state index in [4.69, 9.17) is 11.6 Å². The van der Waals surface area contributed by atoms with Gasteiger partial charge in [-0.15, -0.1) is 0 Å². The summed E-state index contributed by atoms with van der Waals surface area (Å²) in [5, 5.41) is 2.92. The third kappa shape index (κ3) is 6.17. The summed E-state index contributed by atoms with van der Waals surface area (Å²) < 4.78 is 41.4. The molecule has 35 heavy (non-hydrogen) atoms. The molecule has 0 radical (unpaired) electrons. The van der Waals surface area contributed by atoms with E-state index in [1.807, 2.05) is 0 Å². The van der Waals surface area contributed by atoms with Crippen LogP contribution in [0.5, 0.6) is 0 Å². The molecule has 0 saturated heterocycles. The SMILES string of the molecule is CNC(=O)[C@@H](C)N(Cc1ccccc1Cl)C(=O)CN(c1ccccc1)S(=O)(=O)c1ccc(F)cc1. The maximum atomic E-state index is 13.6. The van der Waals surface area contributed by atoms with Crippen molar-refractivity contribution in [1.82, 2.24) is 10.2 Å². The maximum absolute atomic E-state index is 13.6. The molecule has 1 atom stereocenters. The van der Waals surface area contributed by atoms with Crippen molar-refractivity contribution in [1.29, 1.82) is 0 Å². The molecule has 1 N–H and O–H groups in total. The maximum Gasteiger partial charge on any atom is 0.264 e. The fourth-order valence-corrected chi connectivity index (χ4v) is 5.07. The van der Waals surface area contributed by atoms with Gasteiger partial charge in [-0.25, -0.2) is 12.8 Å². The summed E-state index contributed by atoms with van der Waals surface area (Å²) in [7, 11) is -2.79. The summed E-state index contributed by atoms with van der Waals surface area (Å²) in [5.74, 6) is -1.62. The van der Waals surface area contributed by atoms with Crippen LogP contribution in [0.3, 0.4) is 0 Å². The van der Waals surface area contributed by atoms with E-state index in [-0.39, 0.29) is 17.1 Å². The lowest BCUT2D eigenvalue weighted by Gasteiger charge is -2.32. The van der Waals surface area contributed by atoms with Crippen molar-refractivity contribution in [3.05, 3.63) is 95.3 Å². The number of nitrogens with zero attached hydrogens (tertiary/aromatic N) is 2. The number of nitrogens with one attached hydrogen (secondary N) is 1. The Labute approximate surface area is 209 Å². The molecule has 7 nitrogen and oxygen atoms in total. The van der Waals surface area contributed by atoms with Crippen LogP contribution in [0.15, 0.2) is 83.8 Å². The smallest absolute Gasteiger partial charge is 0.264 e. The van der Waals surface area contributed by atoms with Crippen LogP contribution < -0.4 is 9.62 Å². The molecule has 2 amide bonds. The number of amides is 2. The number of carbonyl (C=O) groups excluding carboxylic acids is 2. The first-order valence-electron chi connectivity index (χ1n) is 10.7.